The molecule has 0 fully saturated rings. The van der Waals surface area contributed by atoms with Crippen LogP contribution in [0.5, 0.6) is 0 Å². The quantitative estimate of drug-likeness (QED) is 0.496. The largest absolute Gasteiger partial charge is 0.396 e. The van der Waals surface area contributed by atoms with Crippen LogP contribution in [-0.4, -0.2) is 22.5 Å². The Morgan fingerprint density at radius 1 is 1.15 bits per heavy atom. The third-order valence-corrected chi connectivity index (χ3v) is 3.44. The molecule has 0 heterocycles. The van der Waals surface area contributed by atoms with Crippen molar-refractivity contribution in [2.75, 3.05) is 12.5 Å². The van der Waals surface area contributed by atoms with Crippen molar-refractivity contribution in [1.29, 1.82) is 0 Å². The fourth-order valence-corrected chi connectivity index (χ4v) is 1.81. The maximum atomic E-state index is 8.79. The summed E-state index contributed by atoms with van der Waals surface area (Å²) < 4.78 is 0. The van der Waals surface area contributed by atoms with Crippen LogP contribution in [0.15, 0.2) is 0 Å². The molecule has 80 valence electrons. The fourth-order valence-electron chi connectivity index (χ4n) is 1.33. The molecule has 1 atom stereocenters. The summed E-state index contributed by atoms with van der Waals surface area (Å²) in [5, 5.41) is 8.79. The first kappa shape index (κ1) is 13.5. The fraction of sp³-hybridized carbons (Fsp3) is 1.00. The van der Waals surface area contributed by atoms with E-state index < -0.39 is 0 Å². The van der Waals surface area contributed by atoms with Gasteiger partial charge in [-0.2, -0.15) is 0 Å². The van der Waals surface area contributed by atoms with E-state index >= 15 is 0 Å². The molecule has 0 saturated heterocycles. The molecule has 0 aromatic heterocycles. The number of hydrogen-bond donors (Lipinski definition) is 1. The van der Waals surface area contributed by atoms with E-state index in [1.54, 1.807) is 0 Å². The molecule has 13 heavy (non-hydrogen) atoms. The van der Waals surface area contributed by atoms with Crippen molar-refractivity contribution in [3.8, 4) is 0 Å². The third kappa shape index (κ3) is 6.59. The second kappa shape index (κ2) is 7.90. The van der Waals surface area contributed by atoms with Gasteiger partial charge in [0, 0.05) is 12.5 Å². The first-order valence-corrected chi connectivity index (χ1v) is 5.95. The van der Waals surface area contributed by atoms with E-state index in [1.165, 1.54) is 19.3 Å². The van der Waals surface area contributed by atoms with E-state index in [4.69, 9.17) is 28.3 Å². The van der Waals surface area contributed by atoms with Crippen LogP contribution in [0.2, 0.25) is 0 Å². The Hall–Kier alpha value is 0.540. The van der Waals surface area contributed by atoms with E-state index in [9.17, 15) is 0 Å². The number of halogens is 2. The SMILES string of the molecule is CCCCCCC(Cl)(CCl)CCO. The van der Waals surface area contributed by atoms with E-state index in [-0.39, 0.29) is 11.5 Å². The predicted octanol–water partition coefficient (Wildman–Crippen LogP) is 3.56. The van der Waals surface area contributed by atoms with Gasteiger partial charge in [-0.15, -0.1) is 23.2 Å². The van der Waals surface area contributed by atoms with Crippen molar-refractivity contribution in [3.63, 3.8) is 0 Å². The Kier molecular flexibility index (Phi) is 8.23. The molecule has 1 N–H and O–H groups in total. The average Bonchev–Trinajstić information content (AvgIpc) is 2.13. The zero-order chi connectivity index (χ0) is 10.2. The van der Waals surface area contributed by atoms with Crippen LogP contribution in [0.3, 0.4) is 0 Å². The second-order valence-corrected chi connectivity index (χ2v) is 4.64. The first-order valence-electron chi connectivity index (χ1n) is 5.04. The minimum Gasteiger partial charge on any atom is -0.396 e. The smallest absolute Gasteiger partial charge is 0.0603 e. The second-order valence-electron chi connectivity index (χ2n) is 3.57. The Balaban J connectivity index is 3.57. The van der Waals surface area contributed by atoms with Gasteiger partial charge in [-0.25, -0.2) is 0 Å². The van der Waals surface area contributed by atoms with Gasteiger partial charge in [-0.05, 0) is 12.8 Å². The normalized spacial score (nSPS) is 15.7. The van der Waals surface area contributed by atoms with Gasteiger partial charge in [0.2, 0.25) is 0 Å². The molecule has 0 radical (unpaired) electrons. The molecule has 0 aliphatic heterocycles. The Morgan fingerprint density at radius 3 is 2.31 bits per heavy atom. The van der Waals surface area contributed by atoms with Crippen LogP contribution >= 0.6 is 23.2 Å². The highest BCUT2D eigenvalue weighted by atomic mass is 35.5. The molecule has 0 saturated carbocycles. The lowest BCUT2D eigenvalue weighted by Gasteiger charge is -2.23. The number of aliphatic hydroxyl groups is 1. The molecule has 1 unspecified atom stereocenters. The van der Waals surface area contributed by atoms with E-state index in [0.717, 1.165) is 12.8 Å². The van der Waals surface area contributed by atoms with Crippen LogP contribution in [-0.2, 0) is 0 Å². The lowest BCUT2D eigenvalue weighted by atomic mass is 9.99. The summed E-state index contributed by atoms with van der Waals surface area (Å²) in [6.45, 7) is 2.31. The lowest BCUT2D eigenvalue weighted by molar-refractivity contribution is 0.266. The summed E-state index contributed by atoms with van der Waals surface area (Å²) in [5.41, 5.74) is 0. The zero-order valence-corrected chi connectivity index (χ0v) is 9.87. The van der Waals surface area contributed by atoms with Crippen LogP contribution in [0.25, 0.3) is 0 Å². The molecule has 0 aromatic carbocycles. The summed E-state index contributed by atoms with van der Waals surface area (Å²) >= 11 is 12.0. The van der Waals surface area contributed by atoms with Crippen molar-refractivity contribution in [2.45, 2.75) is 50.3 Å². The number of alkyl halides is 2. The molecule has 0 rings (SSSR count). The van der Waals surface area contributed by atoms with Crippen LogP contribution in [0.1, 0.15) is 45.4 Å². The minimum atomic E-state index is -0.371. The van der Waals surface area contributed by atoms with Crippen molar-refractivity contribution in [2.24, 2.45) is 0 Å². The Labute approximate surface area is 91.4 Å². The van der Waals surface area contributed by atoms with Gasteiger partial charge in [0.05, 0.1) is 4.87 Å². The molecule has 0 aromatic rings. The van der Waals surface area contributed by atoms with Crippen LogP contribution in [0, 0.1) is 0 Å². The molecule has 0 aliphatic carbocycles. The van der Waals surface area contributed by atoms with Gasteiger partial charge in [0.15, 0.2) is 0 Å². The first-order chi connectivity index (χ1) is 6.18. The lowest BCUT2D eigenvalue weighted by Crippen LogP contribution is -2.25. The van der Waals surface area contributed by atoms with Gasteiger partial charge in [0.25, 0.3) is 0 Å². The van der Waals surface area contributed by atoms with E-state index in [0.29, 0.717) is 12.3 Å². The molecule has 1 nitrogen and oxygen atoms in total. The number of rotatable bonds is 8. The van der Waals surface area contributed by atoms with Gasteiger partial charge >= 0.3 is 0 Å². The van der Waals surface area contributed by atoms with Crippen molar-refractivity contribution >= 4 is 23.2 Å². The molecular formula is C10H20Cl2O. The van der Waals surface area contributed by atoms with Crippen molar-refractivity contribution in [3.05, 3.63) is 0 Å². The molecule has 0 amide bonds. The van der Waals surface area contributed by atoms with Gasteiger partial charge in [0.1, 0.15) is 0 Å². The third-order valence-electron chi connectivity index (χ3n) is 2.28. The Bertz CT molecular complexity index is 119. The van der Waals surface area contributed by atoms with Gasteiger partial charge in [-0.3, -0.25) is 0 Å². The molecule has 0 bridgehead atoms. The van der Waals surface area contributed by atoms with E-state index in [1.807, 2.05) is 0 Å². The molecule has 3 heteroatoms. The number of unbranched alkanes of at least 4 members (excludes halogenated alkanes) is 3. The minimum absolute atomic E-state index is 0.129. The van der Waals surface area contributed by atoms with Crippen LogP contribution < -0.4 is 0 Å². The summed E-state index contributed by atoms with van der Waals surface area (Å²) in [7, 11) is 0. The van der Waals surface area contributed by atoms with Crippen molar-refractivity contribution in [1.82, 2.24) is 0 Å². The van der Waals surface area contributed by atoms with Crippen LogP contribution in [0.4, 0.5) is 0 Å². The Morgan fingerprint density at radius 2 is 1.85 bits per heavy atom. The highest BCUT2D eigenvalue weighted by Gasteiger charge is 2.24. The predicted molar refractivity (Wildman–Crippen MR) is 59.8 cm³/mol. The summed E-state index contributed by atoms with van der Waals surface area (Å²) in [5.74, 6) is 0.432. The monoisotopic (exact) mass is 226 g/mol. The standard InChI is InChI=1S/C10H20Cl2O/c1-2-3-4-5-6-10(12,9-11)7-8-13/h13H,2-9H2,1H3. The summed E-state index contributed by atoms with van der Waals surface area (Å²) in [6.07, 6.45) is 6.34. The maximum absolute atomic E-state index is 8.79. The highest BCUT2D eigenvalue weighted by Crippen LogP contribution is 2.28. The average molecular weight is 227 g/mol. The molecular weight excluding hydrogens is 207 g/mol. The van der Waals surface area contributed by atoms with Crippen molar-refractivity contribution < 1.29 is 5.11 Å². The van der Waals surface area contributed by atoms with Gasteiger partial charge < -0.3 is 5.11 Å². The summed E-state index contributed by atoms with van der Waals surface area (Å²) in [6, 6.07) is 0. The number of hydrogen-bond acceptors (Lipinski definition) is 1. The number of aliphatic hydroxyl groups excluding tert-OH is 1. The molecule has 0 spiro atoms. The maximum Gasteiger partial charge on any atom is 0.0603 e. The zero-order valence-electron chi connectivity index (χ0n) is 8.36. The highest BCUT2D eigenvalue weighted by molar-refractivity contribution is 6.30. The molecule has 0 aliphatic rings. The van der Waals surface area contributed by atoms with Gasteiger partial charge in [-0.1, -0.05) is 32.6 Å². The summed E-state index contributed by atoms with van der Waals surface area (Å²) in [4.78, 5) is -0.371. The van der Waals surface area contributed by atoms with E-state index in [2.05, 4.69) is 6.92 Å². The topological polar surface area (TPSA) is 20.2 Å².